The van der Waals surface area contributed by atoms with Crippen molar-refractivity contribution in [2.75, 3.05) is 6.54 Å². The molecule has 86 valence electrons. The van der Waals surface area contributed by atoms with Gasteiger partial charge in [0.25, 0.3) is 0 Å². The van der Waals surface area contributed by atoms with E-state index in [1.54, 1.807) is 6.07 Å². The molecule has 0 aliphatic rings. The number of fused-ring (bicyclic) bond motifs is 1. The molecule has 1 aromatic heterocycles. The summed E-state index contributed by atoms with van der Waals surface area (Å²) < 4.78 is 13.0. The molecule has 1 aromatic carbocycles. The van der Waals surface area contributed by atoms with Crippen LogP contribution >= 0.6 is 0 Å². The van der Waals surface area contributed by atoms with E-state index in [4.69, 9.17) is 5.73 Å². The highest BCUT2D eigenvalue weighted by Gasteiger charge is 2.17. The number of rotatable bonds is 3. The average Bonchev–Trinajstić information content (AvgIpc) is 2.60. The Morgan fingerprint density at radius 1 is 1.44 bits per heavy atom. The van der Waals surface area contributed by atoms with Crippen molar-refractivity contribution in [3.05, 3.63) is 29.8 Å². The van der Waals surface area contributed by atoms with Gasteiger partial charge >= 0.3 is 0 Å². The van der Waals surface area contributed by atoms with Gasteiger partial charge in [0.05, 0.1) is 11.0 Å². The van der Waals surface area contributed by atoms with Crippen molar-refractivity contribution in [2.24, 2.45) is 11.7 Å². The summed E-state index contributed by atoms with van der Waals surface area (Å²) in [5.74, 6) is 1.19. The quantitative estimate of drug-likeness (QED) is 0.836. The summed E-state index contributed by atoms with van der Waals surface area (Å²) in [7, 11) is 0. The number of nitrogens with two attached hydrogens (primary N) is 1. The first-order valence-corrected chi connectivity index (χ1v) is 5.47. The molecule has 0 fully saturated rings. The van der Waals surface area contributed by atoms with Crippen LogP contribution in [0.5, 0.6) is 0 Å². The molecule has 1 atom stereocenters. The van der Waals surface area contributed by atoms with Crippen molar-refractivity contribution in [3.8, 4) is 0 Å². The summed E-state index contributed by atoms with van der Waals surface area (Å²) >= 11 is 0. The van der Waals surface area contributed by atoms with E-state index in [0.29, 0.717) is 12.5 Å². The zero-order chi connectivity index (χ0) is 11.7. The number of benzene rings is 1. The maximum Gasteiger partial charge on any atom is 0.125 e. The van der Waals surface area contributed by atoms with Gasteiger partial charge in [-0.1, -0.05) is 13.8 Å². The number of aromatic nitrogens is 2. The van der Waals surface area contributed by atoms with Gasteiger partial charge in [0.1, 0.15) is 11.6 Å². The topological polar surface area (TPSA) is 54.7 Å². The van der Waals surface area contributed by atoms with Gasteiger partial charge in [-0.3, -0.25) is 0 Å². The number of halogens is 1. The lowest BCUT2D eigenvalue weighted by molar-refractivity contribution is 0.488. The third-order valence-electron chi connectivity index (χ3n) is 2.87. The SMILES string of the molecule is CC(C)C(CN)c1nc2ccc(F)cc2[nH]1. The summed E-state index contributed by atoms with van der Waals surface area (Å²) in [5.41, 5.74) is 7.24. The van der Waals surface area contributed by atoms with Crippen LogP contribution in [0, 0.1) is 11.7 Å². The summed E-state index contributed by atoms with van der Waals surface area (Å²) in [6.45, 7) is 4.75. The van der Waals surface area contributed by atoms with Gasteiger partial charge < -0.3 is 10.7 Å². The number of imidazole rings is 1. The van der Waals surface area contributed by atoms with Gasteiger partial charge in [0, 0.05) is 12.5 Å². The van der Waals surface area contributed by atoms with E-state index < -0.39 is 0 Å². The van der Waals surface area contributed by atoms with Crippen molar-refractivity contribution in [1.29, 1.82) is 0 Å². The number of nitrogens with one attached hydrogen (secondary N) is 1. The molecule has 0 aliphatic carbocycles. The van der Waals surface area contributed by atoms with Gasteiger partial charge in [0.2, 0.25) is 0 Å². The van der Waals surface area contributed by atoms with E-state index in [1.807, 2.05) is 0 Å². The van der Waals surface area contributed by atoms with Crippen LogP contribution in [0.2, 0.25) is 0 Å². The number of nitrogens with zero attached hydrogens (tertiary/aromatic N) is 1. The minimum Gasteiger partial charge on any atom is -0.342 e. The zero-order valence-corrected chi connectivity index (χ0v) is 9.50. The lowest BCUT2D eigenvalue weighted by Crippen LogP contribution is -2.18. The summed E-state index contributed by atoms with van der Waals surface area (Å²) in [5, 5.41) is 0. The van der Waals surface area contributed by atoms with Gasteiger partial charge in [-0.05, 0) is 24.1 Å². The molecule has 2 rings (SSSR count). The van der Waals surface area contributed by atoms with Gasteiger partial charge in [-0.25, -0.2) is 9.37 Å². The smallest absolute Gasteiger partial charge is 0.125 e. The third kappa shape index (κ3) is 1.93. The van der Waals surface area contributed by atoms with Crippen LogP contribution in [0.1, 0.15) is 25.6 Å². The van der Waals surface area contributed by atoms with Crippen molar-refractivity contribution in [3.63, 3.8) is 0 Å². The highest BCUT2D eigenvalue weighted by Crippen LogP contribution is 2.23. The second-order valence-electron chi connectivity index (χ2n) is 4.37. The second-order valence-corrected chi connectivity index (χ2v) is 4.37. The number of H-pyrrole nitrogens is 1. The molecule has 3 N–H and O–H groups in total. The van der Waals surface area contributed by atoms with Crippen LogP contribution in [0.3, 0.4) is 0 Å². The van der Waals surface area contributed by atoms with E-state index in [-0.39, 0.29) is 11.7 Å². The molecule has 0 saturated heterocycles. The molecule has 16 heavy (non-hydrogen) atoms. The monoisotopic (exact) mass is 221 g/mol. The van der Waals surface area contributed by atoms with Crippen LogP contribution in [-0.4, -0.2) is 16.5 Å². The maximum atomic E-state index is 13.0. The Balaban J connectivity index is 2.45. The summed E-state index contributed by atoms with van der Waals surface area (Å²) in [4.78, 5) is 7.58. The second kappa shape index (κ2) is 4.22. The molecule has 0 amide bonds. The fourth-order valence-electron chi connectivity index (χ4n) is 1.88. The van der Waals surface area contributed by atoms with Crippen LogP contribution < -0.4 is 5.73 Å². The molecule has 0 saturated carbocycles. The Kier molecular flexibility index (Phi) is 2.92. The molecule has 2 aromatic rings. The summed E-state index contributed by atoms with van der Waals surface area (Å²) in [6.07, 6.45) is 0. The molecule has 0 aliphatic heterocycles. The highest BCUT2D eigenvalue weighted by atomic mass is 19.1. The van der Waals surface area contributed by atoms with Crippen molar-refractivity contribution in [2.45, 2.75) is 19.8 Å². The van der Waals surface area contributed by atoms with E-state index in [2.05, 4.69) is 23.8 Å². The highest BCUT2D eigenvalue weighted by molar-refractivity contribution is 5.75. The molecule has 0 bridgehead atoms. The Morgan fingerprint density at radius 2 is 2.19 bits per heavy atom. The molecular formula is C12H16FN3. The lowest BCUT2D eigenvalue weighted by atomic mass is 9.95. The fraction of sp³-hybridized carbons (Fsp3) is 0.417. The van der Waals surface area contributed by atoms with E-state index in [9.17, 15) is 4.39 Å². The van der Waals surface area contributed by atoms with E-state index >= 15 is 0 Å². The van der Waals surface area contributed by atoms with Crippen LogP contribution in [0.15, 0.2) is 18.2 Å². The van der Waals surface area contributed by atoms with Crippen LogP contribution in [0.4, 0.5) is 4.39 Å². The molecule has 4 heteroatoms. The molecule has 1 unspecified atom stereocenters. The number of hydrogen-bond acceptors (Lipinski definition) is 2. The Bertz CT molecular complexity index is 490. The molecule has 3 nitrogen and oxygen atoms in total. The molecule has 0 spiro atoms. The average molecular weight is 221 g/mol. The first kappa shape index (κ1) is 11.1. The van der Waals surface area contributed by atoms with E-state index in [1.165, 1.54) is 12.1 Å². The predicted octanol–water partition coefficient (Wildman–Crippen LogP) is 2.40. The first-order valence-electron chi connectivity index (χ1n) is 5.47. The minimum absolute atomic E-state index is 0.190. The largest absolute Gasteiger partial charge is 0.342 e. The molecule has 1 heterocycles. The Labute approximate surface area is 93.9 Å². The predicted molar refractivity (Wildman–Crippen MR) is 62.7 cm³/mol. The van der Waals surface area contributed by atoms with E-state index in [0.717, 1.165) is 16.9 Å². The standard InChI is InChI=1S/C12H16FN3/c1-7(2)9(6-14)12-15-10-4-3-8(13)5-11(10)16-12/h3-5,7,9H,6,14H2,1-2H3,(H,15,16). The lowest BCUT2D eigenvalue weighted by Gasteiger charge is -2.15. The fourth-order valence-corrected chi connectivity index (χ4v) is 1.88. The molecule has 0 radical (unpaired) electrons. The molecular weight excluding hydrogens is 205 g/mol. The van der Waals surface area contributed by atoms with Crippen molar-refractivity contribution >= 4 is 11.0 Å². The van der Waals surface area contributed by atoms with Crippen LogP contribution in [0.25, 0.3) is 11.0 Å². The van der Waals surface area contributed by atoms with Crippen molar-refractivity contribution < 1.29 is 4.39 Å². The maximum absolute atomic E-state index is 13.0. The first-order chi connectivity index (χ1) is 7.61. The third-order valence-corrected chi connectivity index (χ3v) is 2.87. The number of hydrogen-bond donors (Lipinski definition) is 2. The summed E-state index contributed by atoms with van der Waals surface area (Å²) in [6, 6.07) is 4.55. The van der Waals surface area contributed by atoms with Crippen LogP contribution in [-0.2, 0) is 0 Å². The van der Waals surface area contributed by atoms with Gasteiger partial charge in [0.15, 0.2) is 0 Å². The number of aromatic amines is 1. The van der Waals surface area contributed by atoms with Crippen molar-refractivity contribution in [1.82, 2.24) is 9.97 Å². The minimum atomic E-state index is -0.253. The van der Waals surface area contributed by atoms with Gasteiger partial charge in [-0.15, -0.1) is 0 Å². The normalized spacial score (nSPS) is 13.6. The Hall–Kier alpha value is -1.42. The Morgan fingerprint density at radius 3 is 2.81 bits per heavy atom. The zero-order valence-electron chi connectivity index (χ0n) is 9.50. The van der Waals surface area contributed by atoms with Gasteiger partial charge in [-0.2, -0.15) is 0 Å².